The van der Waals surface area contributed by atoms with Gasteiger partial charge in [0, 0.05) is 5.54 Å². The van der Waals surface area contributed by atoms with Gasteiger partial charge in [-0.25, -0.2) is 0 Å². The number of hydrogen-bond acceptors (Lipinski definition) is 1. The van der Waals surface area contributed by atoms with Crippen molar-refractivity contribution in [3.63, 3.8) is 0 Å². The van der Waals surface area contributed by atoms with Crippen LogP contribution in [0.2, 0.25) is 0 Å². The molecule has 2 heteroatoms. The molecule has 1 heterocycles. The molecule has 1 nitrogen and oxygen atoms in total. The standard InChI is InChI=1S/C11H24NP/c1-10(2,3)11(12)6-8-13(4,5)9-7-11/h4,6-9,12H2,1-3,5H3. The highest BCUT2D eigenvalue weighted by molar-refractivity contribution is 7.73. The Kier molecular flexibility index (Phi) is 2.74. The third kappa shape index (κ3) is 2.39. The molecule has 0 bridgehead atoms. The maximum Gasteiger partial charge on any atom is 0.0210 e. The molecule has 78 valence electrons. The summed E-state index contributed by atoms with van der Waals surface area (Å²) < 4.78 is 0. The van der Waals surface area contributed by atoms with Crippen LogP contribution in [0.25, 0.3) is 0 Å². The summed E-state index contributed by atoms with van der Waals surface area (Å²) in [6.45, 7) is 8.32. The second-order valence-corrected chi connectivity index (χ2v) is 10.1. The number of hydrogen-bond donors (Lipinski definition) is 1. The monoisotopic (exact) mass is 201 g/mol. The molecular formula is C11H24NP. The van der Waals surface area contributed by atoms with Gasteiger partial charge in [-0.15, -0.1) is 13.2 Å². The summed E-state index contributed by atoms with van der Waals surface area (Å²) in [6, 6.07) is 0. The van der Waals surface area contributed by atoms with Gasteiger partial charge in [0.05, 0.1) is 0 Å². The van der Waals surface area contributed by atoms with Crippen molar-refractivity contribution >= 4 is 13.2 Å². The summed E-state index contributed by atoms with van der Waals surface area (Å²) in [5, 5.41) is 0. The van der Waals surface area contributed by atoms with Crippen LogP contribution in [-0.4, -0.2) is 30.8 Å². The fourth-order valence-electron chi connectivity index (χ4n) is 1.93. The average molecular weight is 201 g/mol. The van der Waals surface area contributed by atoms with Gasteiger partial charge in [0.25, 0.3) is 0 Å². The third-order valence-electron chi connectivity index (χ3n) is 3.69. The minimum absolute atomic E-state index is 0.0597. The van der Waals surface area contributed by atoms with E-state index in [1.807, 2.05) is 0 Å². The van der Waals surface area contributed by atoms with Crippen LogP contribution in [0.1, 0.15) is 33.6 Å². The first-order valence-corrected chi connectivity index (χ1v) is 7.93. The van der Waals surface area contributed by atoms with Crippen molar-refractivity contribution < 1.29 is 0 Å². The Morgan fingerprint density at radius 2 is 1.62 bits per heavy atom. The lowest BCUT2D eigenvalue weighted by atomic mass is 9.71. The van der Waals surface area contributed by atoms with Gasteiger partial charge in [-0.05, 0) is 37.2 Å². The maximum absolute atomic E-state index is 6.45. The molecule has 1 aliphatic rings. The van der Waals surface area contributed by atoms with Crippen LogP contribution >= 0.6 is 6.89 Å². The third-order valence-corrected chi connectivity index (χ3v) is 6.30. The van der Waals surface area contributed by atoms with Crippen molar-refractivity contribution in [1.82, 2.24) is 0 Å². The van der Waals surface area contributed by atoms with Crippen LogP contribution in [-0.2, 0) is 0 Å². The van der Waals surface area contributed by atoms with E-state index < -0.39 is 6.89 Å². The smallest absolute Gasteiger partial charge is 0.0210 e. The van der Waals surface area contributed by atoms with Gasteiger partial charge in [0.15, 0.2) is 0 Å². The van der Waals surface area contributed by atoms with Crippen LogP contribution < -0.4 is 5.73 Å². The zero-order valence-electron chi connectivity index (χ0n) is 9.56. The van der Waals surface area contributed by atoms with Crippen LogP contribution in [0.4, 0.5) is 0 Å². The van der Waals surface area contributed by atoms with E-state index in [-0.39, 0.29) is 11.0 Å². The SMILES string of the molecule is C=P1(C)CCC(N)(C(C)(C)C)CC1. The van der Waals surface area contributed by atoms with Gasteiger partial charge in [-0.3, -0.25) is 0 Å². The predicted molar refractivity (Wildman–Crippen MR) is 65.3 cm³/mol. The van der Waals surface area contributed by atoms with E-state index in [1.54, 1.807) is 0 Å². The fourth-order valence-corrected chi connectivity index (χ4v) is 4.03. The predicted octanol–water partition coefficient (Wildman–Crippen LogP) is 2.60. The molecule has 0 aromatic heterocycles. The Hall–Kier alpha value is 0.260. The summed E-state index contributed by atoms with van der Waals surface area (Å²) in [7, 11) is 0. The molecule has 0 amide bonds. The summed E-state index contributed by atoms with van der Waals surface area (Å²) in [6.07, 6.45) is 9.23. The molecule has 2 N–H and O–H groups in total. The van der Waals surface area contributed by atoms with E-state index in [9.17, 15) is 0 Å². The van der Waals surface area contributed by atoms with E-state index >= 15 is 0 Å². The zero-order valence-corrected chi connectivity index (χ0v) is 10.5. The minimum atomic E-state index is -0.816. The van der Waals surface area contributed by atoms with Gasteiger partial charge in [-0.2, -0.15) is 0 Å². The molecule has 1 rings (SSSR count). The van der Waals surface area contributed by atoms with Crippen LogP contribution in [0.15, 0.2) is 0 Å². The molecule has 0 atom stereocenters. The lowest BCUT2D eigenvalue weighted by Crippen LogP contribution is -2.54. The molecule has 1 fully saturated rings. The van der Waals surface area contributed by atoms with Gasteiger partial charge in [0.2, 0.25) is 0 Å². The first-order valence-electron chi connectivity index (χ1n) is 5.14. The molecule has 1 aliphatic heterocycles. The Morgan fingerprint density at radius 3 is 1.92 bits per heavy atom. The average Bonchev–Trinajstić information content (AvgIpc) is 1.94. The van der Waals surface area contributed by atoms with E-state index in [2.05, 4.69) is 33.7 Å². The minimum Gasteiger partial charge on any atom is -0.325 e. The van der Waals surface area contributed by atoms with E-state index in [4.69, 9.17) is 5.73 Å². The van der Waals surface area contributed by atoms with Crippen molar-refractivity contribution in [2.45, 2.75) is 39.2 Å². The molecule has 0 aromatic carbocycles. The van der Waals surface area contributed by atoms with Crippen LogP contribution in [0, 0.1) is 5.41 Å². The number of nitrogens with two attached hydrogens (primary N) is 1. The lowest BCUT2D eigenvalue weighted by molar-refractivity contribution is 0.172. The molecule has 0 aliphatic carbocycles. The first-order chi connectivity index (χ1) is 5.66. The van der Waals surface area contributed by atoms with Crippen molar-refractivity contribution in [2.24, 2.45) is 11.1 Å². The summed E-state index contributed by atoms with van der Waals surface area (Å²) in [5.41, 5.74) is 6.75. The summed E-state index contributed by atoms with van der Waals surface area (Å²) in [4.78, 5) is 0. The second-order valence-electron chi connectivity index (χ2n) is 5.97. The molecule has 13 heavy (non-hydrogen) atoms. The molecule has 0 spiro atoms. The Morgan fingerprint density at radius 1 is 1.23 bits per heavy atom. The second kappa shape index (κ2) is 3.14. The van der Waals surface area contributed by atoms with Gasteiger partial charge < -0.3 is 5.73 Å². The quantitative estimate of drug-likeness (QED) is 0.599. The normalized spacial score (nSPS) is 41.9. The van der Waals surface area contributed by atoms with Crippen molar-refractivity contribution in [3.05, 3.63) is 0 Å². The molecule has 0 saturated carbocycles. The van der Waals surface area contributed by atoms with Crippen LogP contribution in [0.5, 0.6) is 0 Å². The van der Waals surface area contributed by atoms with Gasteiger partial charge in [0.1, 0.15) is 0 Å². The summed E-state index contributed by atoms with van der Waals surface area (Å²) in [5.74, 6) is 0. The highest BCUT2D eigenvalue weighted by Gasteiger charge is 2.40. The van der Waals surface area contributed by atoms with Crippen molar-refractivity contribution in [3.8, 4) is 0 Å². The highest BCUT2D eigenvalue weighted by Crippen LogP contribution is 2.51. The molecule has 0 aromatic rings. The van der Waals surface area contributed by atoms with Crippen LogP contribution in [0.3, 0.4) is 0 Å². The topological polar surface area (TPSA) is 26.0 Å². The summed E-state index contributed by atoms with van der Waals surface area (Å²) >= 11 is 0. The largest absolute Gasteiger partial charge is 0.325 e. The van der Waals surface area contributed by atoms with E-state index in [0.717, 1.165) is 0 Å². The number of rotatable bonds is 0. The van der Waals surface area contributed by atoms with Crippen molar-refractivity contribution in [2.75, 3.05) is 19.0 Å². The van der Waals surface area contributed by atoms with Gasteiger partial charge in [-0.1, -0.05) is 20.8 Å². The Bertz CT molecular complexity index is 225. The Balaban J connectivity index is 2.73. The van der Waals surface area contributed by atoms with E-state index in [1.165, 1.54) is 25.2 Å². The van der Waals surface area contributed by atoms with Gasteiger partial charge >= 0.3 is 0 Å². The Labute approximate surface area is 83.1 Å². The molecule has 0 radical (unpaired) electrons. The zero-order chi connectivity index (χ0) is 10.3. The molecule has 0 unspecified atom stereocenters. The van der Waals surface area contributed by atoms with E-state index in [0.29, 0.717) is 0 Å². The van der Waals surface area contributed by atoms with Crippen molar-refractivity contribution in [1.29, 1.82) is 0 Å². The lowest BCUT2D eigenvalue weighted by Gasteiger charge is -2.47. The maximum atomic E-state index is 6.45. The highest BCUT2D eigenvalue weighted by atomic mass is 31.2. The molecular weight excluding hydrogens is 177 g/mol. The molecule has 1 saturated heterocycles. The fraction of sp³-hybridized carbons (Fsp3) is 0.909. The first kappa shape index (κ1) is 11.3.